The monoisotopic (exact) mass is 390 g/mol. The predicted octanol–water partition coefficient (Wildman–Crippen LogP) is 3.29. The van der Waals surface area contributed by atoms with Crippen LogP contribution in [-0.4, -0.2) is 47.4 Å². The summed E-state index contributed by atoms with van der Waals surface area (Å²) in [5.74, 6) is -1.25. The molecule has 0 saturated carbocycles. The van der Waals surface area contributed by atoms with Gasteiger partial charge in [0.05, 0.1) is 0 Å². The summed E-state index contributed by atoms with van der Waals surface area (Å²) in [6.07, 6.45) is 0. The van der Waals surface area contributed by atoms with Gasteiger partial charge >= 0.3 is 5.97 Å². The largest absolute Gasteiger partial charge is 0.454 e. The number of hydrogen-bond donors (Lipinski definition) is 1. The van der Waals surface area contributed by atoms with Gasteiger partial charge in [0, 0.05) is 17.6 Å². The van der Waals surface area contributed by atoms with E-state index in [0.717, 1.165) is 5.56 Å². The van der Waals surface area contributed by atoms with Crippen molar-refractivity contribution in [1.29, 1.82) is 0 Å². The minimum Gasteiger partial charge on any atom is -0.454 e. The molecule has 0 unspecified atom stereocenters. The summed E-state index contributed by atoms with van der Waals surface area (Å²) < 4.78 is 5.10. The van der Waals surface area contributed by atoms with Crippen LogP contribution in [0.4, 0.5) is 0 Å². The van der Waals surface area contributed by atoms with E-state index < -0.39 is 12.0 Å². The Bertz CT molecular complexity index is 679. The summed E-state index contributed by atoms with van der Waals surface area (Å²) >= 11 is 0. The number of rotatable bonds is 7. The van der Waals surface area contributed by atoms with Gasteiger partial charge in [-0.1, -0.05) is 32.9 Å². The van der Waals surface area contributed by atoms with Crippen LogP contribution in [0, 0.1) is 0 Å². The van der Waals surface area contributed by atoms with E-state index in [1.54, 1.807) is 17.0 Å². The second-order valence-corrected chi connectivity index (χ2v) is 8.62. The molecule has 1 aromatic carbocycles. The third-order valence-electron chi connectivity index (χ3n) is 4.45. The summed E-state index contributed by atoms with van der Waals surface area (Å²) in [6.45, 7) is 15.1. The van der Waals surface area contributed by atoms with Crippen LogP contribution >= 0.6 is 0 Å². The lowest BCUT2D eigenvalue weighted by Gasteiger charge is -2.30. The normalized spacial score (nSPS) is 12.6. The third-order valence-corrected chi connectivity index (χ3v) is 4.45. The highest BCUT2D eigenvalue weighted by Crippen LogP contribution is 2.22. The Kier molecular flexibility index (Phi) is 8.21. The van der Waals surface area contributed by atoms with Gasteiger partial charge in [-0.15, -0.1) is 0 Å². The minimum absolute atomic E-state index is 0.00149. The molecule has 0 aromatic heterocycles. The van der Waals surface area contributed by atoms with Crippen molar-refractivity contribution in [1.82, 2.24) is 10.2 Å². The van der Waals surface area contributed by atoms with Crippen molar-refractivity contribution in [3.8, 4) is 0 Å². The van der Waals surface area contributed by atoms with Crippen LogP contribution in [0.25, 0.3) is 0 Å². The lowest BCUT2D eigenvalue weighted by Crippen LogP contribution is -2.45. The molecule has 1 atom stereocenters. The number of carbonyl (C=O) groups excluding carboxylic acids is 3. The molecule has 0 aliphatic carbocycles. The maximum Gasteiger partial charge on any atom is 0.328 e. The topological polar surface area (TPSA) is 75.7 Å². The molecule has 0 spiro atoms. The molecule has 1 rings (SSSR count). The first-order valence-electron chi connectivity index (χ1n) is 9.73. The molecule has 1 N–H and O–H groups in total. The lowest BCUT2D eigenvalue weighted by atomic mass is 9.86. The van der Waals surface area contributed by atoms with Crippen LogP contribution in [0.3, 0.4) is 0 Å². The molecule has 156 valence electrons. The summed E-state index contributed by atoms with van der Waals surface area (Å²) in [5.41, 5.74) is 1.59. The van der Waals surface area contributed by atoms with Crippen molar-refractivity contribution in [3.63, 3.8) is 0 Å². The van der Waals surface area contributed by atoms with Crippen LogP contribution in [0.1, 0.15) is 71.3 Å². The number of carbonyl (C=O) groups is 3. The molecule has 6 heteroatoms. The van der Waals surface area contributed by atoms with Crippen LogP contribution in [0.15, 0.2) is 24.3 Å². The summed E-state index contributed by atoms with van der Waals surface area (Å²) in [7, 11) is 0. The number of esters is 1. The van der Waals surface area contributed by atoms with E-state index in [0.29, 0.717) is 5.56 Å². The van der Waals surface area contributed by atoms with Crippen molar-refractivity contribution in [3.05, 3.63) is 35.4 Å². The fourth-order valence-electron chi connectivity index (χ4n) is 2.97. The van der Waals surface area contributed by atoms with Crippen LogP contribution in [-0.2, 0) is 19.7 Å². The number of hydrogen-bond acceptors (Lipinski definition) is 4. The van der Waals surface area contributed by atoms with Crippen LogP contribution < -0.4 is 5.32 Å². The van der Waals surface area contributed by atoms with E-state index in [9.17, 15) is 14.4 Å². The zero-order chi connectivity index (χ0) is 21.6. The average molecular weight is 391 g/mol. The molecule has 1 aromatic rings. The highest BCUT2D eigenvalue weighted by atomic mass is 16.5. The van der Waals surface area contributed by atoms with Crippen molar-refractivity contribution in [2.75, 3.05) is 6.61 Å². The Balaban J connectivity index is 2.62. The smallest absolute Gasteiger partial charge is 0.328 e. The number of nitrogens with zero attached hydrogens (tertiary/aromatic N) is 1. The highest BCUT2D eigenvalue weighted by Gasteiger charge is 2.24. The molecule has 0 saturated heterocycles. The average Bonchev–Trinajstić information content (AvgIpc) is 2.58. The molecule has 0 fully saturated rings. The summed E-state index contributed by atoms with van der Waals surface area (Å²) in [4.78, 5) is 38.4. The molecule has 0 radical (unpaired) electrons. The van der Waals surface area contributed by atoms with Gasteiger partial charge in [-0.05, 0) is 57.7 Å². The molecule has 6 nitrogen and oxygen atoms in total. The van der Waals surface area contributed by atoms with Gasteiger partial charge in [0.25, 0.3) is 11.8 Å². The summed E-state index contributed by atoms with van der Waals surface area (Å²) in [6, 6.07) is 6.46. The molecule has 28 heavy (non-hydrogen) atoms. The highest BCUT2D eigenvalue weighted by molar-refractivity contribution is 5.96. The van der Waals surface area contributed by atoms with Gasteiger partial charge < -0.3 is 15.0 Å². The Labute approximate surface area is 168 Å². The van der Waals surface area contributed by atoms with Crippen LogP contribution in [0.2, 0.25) is 0 Å². The Morgan fingerprint density at radius 1 is 0.964 bits per heavy atom. The first-order valence-corrected chi connectivity index (χ1v) is 9.73. The van der Waals surface area contributed by atoms with Gasteiger partial charge in [0.1, 0.15) is 6.04 Å². The molecule has 0 bridgehead atoms. The molecule has 0 aliphatic rings. The Morgan fingerprint density at radius 2 is 1.46 bits per heavy atom. The van der Waals surface area contributed by atoms with E-state index in [2.05, 4.69) is 26.1 Å². The molecule has 0 heterocycles. The van der Waals surface area contributed by atoms with Crippen molar-refractivity contribution in [2.24, 2.45) is 0 Å². The van der Waals surface area contributed by atoms with E-state index in [4.69, 9.17) is 4.74 Å². The van der Waals surface area contributed by atoms with Gasteiger partial charge in [0.15, 0.2) is 6.61 Å². The molecular formula is C22H34N2O4. The number of benzene rings is 1. The van der Waals surface area contributed by atoms with Gasteiger partial charge in [0.2, 0.25) is 0 Å². The van der Waals surface area contributed by atoms with Crippen molar-refractivity contribution >= 4 is 17.8 Å². The van der Waals surface area contributed by atoms with Gasteiger partial charge in [-0.2, -0.15) is 0 Å². The van der Waals surface area contributed by atoms with Gasteiger partial charge in [-0.25, -0.2) is 4.79 Å². The molecule has 0 aliphatic heterocycles. The molecule has 2 amide bonds. The fraction of sp³-hybridized carbons (Fsp3) is 0.591. The molecular weight excluding hydrogens is 356 g/mol. The first-order chi connectivity index (χ1) is 12.8. The lowest BCUT2D eigenvalue weighted by molar-refractivity contribution is -0.154. The standard InChI is InChI=1S/C22H34N2O4/c1-14(2)24(15(3)4)19(25)13-28-21(27)16(5)23-20(26)17-9-11-18(12-10-17)22(6,7)8/h9-12,14-16H,13H2,1-8H3,(H,23,26)/t16-/m0/s1. The summed E-state index contributed by atoms with van der Waals surface area (Å²) in [5, 5.41) is 2.61. The van der Waals surface area contributed by atoms with Gasteiger partial charge in [-0.3, -0.25) is 9.59 Å². The van der Waals surface area contributed by atoms with E-state index in [1.165, 1.54) is 6.92 Å². The fourth-order valence-corrected chi connectivity index (χ4v) is 2.97. The second kappa shape index (κ2) is 9.71. The second-order valence-electron chi connectivity index (χ2n) is 8.62. The number of amides is 2. The van der Waals surface area contributed by atoms with Crippen molar-refractivity contribution < 1.29 is 19.1 Å². The maximum absolute atomic E-state index is 12.4. The number of ether oxygens (including phenoxy) is 1. The Hall–Kier alpha value is -2.37. The van der Waals surface area contributed by atoms with Crippen LogP contribution in [0.5, 0.6) is 0 Å². The SMILES string of the molecule is CC(C)N(C(=O)COC(=O)[C@H](C)NC(=O)c1ccc(C(C)(C)C)cc1)C(C)C. The van der Waals surface area contributed by atoms with E-state index in [1.807, 2.05) is 39.8 Å². The zero-order valence-corrected chi connectivity index (χ0v) is 18.3. The first kappa shape index (κ1) is 23.7. The maximum atomic E-state index is 12.4. The van der Waals surface area contributed by atoms with E-state index in [-0.39, 0.29) is 35.9 Å². The Morgan fingerprint density at radius 3 is 1.89 bits per heavy atom. The third kappa shape index (κ3) is 6.66. The zero-order valence-electron chi connectivity index (χ0n) is 18.3. The minimum atomic E-state index is -0.853. The predicted molar refractivity (Wildman–Crippen MR) is 110 cm³/mol. The number of nitrogens with one attached hydrogen (secondary N) is 1. The van der Waals surface area contributed by atoms with E-state index >= 15 is 0 Å². The van der Waals surface area contributed by atoms with Crippen molar-refractivity contribution in [2.45, 2.75) is 78.9 Å². The quantitative estimate of drug-likeness (QED) is 0.725.